The molecule has 1 N–H and O–H groups in total. The predicted molar refractivity (Wildman–Crippen MR) is 79.9 cm³/mol. The van der Waals surface area contributed by atoms with Gasteiger partial charge in [-0.15, -0.1) is 0 Å². The van der Waals surface area contributed by atoms with E-state index in [4.69, 9.17) is 4.74 Å². The average molecular weight is 313 g/mol. The van der Waals surface area contributed by atoms with Crippen LogP contribution in [0.4, 0.5) is 5.13 Å². The van der Waals surface area contributed by atoms with Crippen molar-refractivity contribution in [2.75, 3.05) is 32.1 Å². The van der Waals surface area contributed by atoms with Gasteiger partial charge in [-0.2, -0.15) is 0 Å². The number of amides is 1. The van der Waals surface area contributed by atoms with Gasteiger partial charge >= 0.3 is 5.97 Å². The highest BCUT2D eigenvalue weighted by Crippen LogP contribution is 2.24. The lowest BCUT2D eigenvalue weighted by atomic mass is 10.3. The molecule has 1 aromatic rings. The van der Waals surface area contributed by atoms with Crippen molar-refractivity contribution in [2.24, 2.45) is 0 Å². The number of carbonyl (C=O) groups excluding carboxylic acids is 3. The number of Topliss-reactive ketones (excluding diaryl/α,β-unsaturated/α-hetero) is 1. The van der Waals surface area contributed by atoms with Crippen molar-refractivity contribution in [3.05, 3.63) is 10.6 Å². The van der Waals surface area contributed by atoms with Gasteiger partial charge in [-0.1, -0.05) is 11.3 Å². The zero-order valence-corrected chi connectivity index (χ0v) is 13.4. The van der Waals surface area contributed by atoms with Crippen LogP contribution in [0, 0.1) is 0 Å². The third kappa shape index (κ3) is 4.52. The molecule has 0 fully saturated rings. The number of hydrogen-bond donors (Lipinski definition) is 1. The Morgan fingerprint density at radius 3 is 2.52 bits per heavy atom. The lowest BCUT2D eigenvalue weighted by Gasteiger charge is -2.14. The highest BCUT2D eigenvalue weighted by molar-refractivity contribution is 7.17. The van der Waals surface area contributed by atoms with Crippen LogP contribution in [0.25, 0.3) is 0 Å². The van der Waals surface area contributed by atoms with Crippen molar-refractivity contribution in [3.8, 4) is 0 Å². The summed E-state index contributed by atoms with van der Waals surface area (Å²) in [5.74, 6) is -1.00. The van der Waals surface area contributed by atoms with Crippen LogP contribution < -0.4 is 5.32 Å². The third-order valence-electron chi connectivity index (χ3n) is 2.71. The summed E-state index contributed by atoms with van der Waals surface area (Å²) < 4.78 is 4.86. The van der Waals surface area contributed by atoms with E-state index in [-0.39, 0.29) is 35.4 Å². The highest BCUT2D eigenvalue weighted by Gasteiger charge is 2.22. The zero-order valence-electron chi connectivity index (χ0n) is 12.6. The number of esters is 1. The first-order valence-corrected chi connectivity index (χ1v) is 7.39. The molecule has 7 nitrogen and oxygen atoms in total. The average Bonchev–Trinajstić information content (AvgIpc) is 2.88. The number of hydrogen-bond acceptors (Lipinski definition) is 7. The zero-order chi connectivity index (χ0) is 16.0. The number of nitrogens with one attached hydrogen (secondary N) is 1. The lowest BCUT2D eigenvalue weighted by molar-refractivity contribution is -0.127. The maximum atomic E-state index is 11.7. The molecule has 0 radical (unpaired) electrons. The fourth-order valence-electron chi connectivity index (χ4n) is 1.43. The first-order chi connectivity index (χ1) is 9.90. The number of thiazole rings is 1. The van der Waals surface area contributed by atoms with Gasteiger partial charge in [0.1, 0.15) is 4.88 Å². The number of ketones is 1. The van der Waals surface area contributed by atoms with Gasteiger partial charge in [-0.05, 0) is 13.8 Å². The van der Waals surface area contributed by atoms with Crippen molar-refractivity contribution in [2.45, 2.75) is 20.8 Å². The number of rotatable bonds is 7. The van der Waals surface area contributed by atoms with E-state index in [0.29, 0.717) is 11.7 Å². The van der Waals surface area contributed by atoms with Crippen molar-refractivity contribution >= 4 is 34.1 Å². The second-order valence-electron chi connectivity index (χ2n) is 4.23. The summed E-state index contributed by atoms with van der Waals surface area (Å²) in [7, 11) is 1.69. The van der Waals surface area contributed by atoms with E-state index in [0.717, 1.165) is 11.3 Å². The molecule has 1 heterocycles. The summed E-state index contributed by atoms with van der Waals surface area (Å²) in [5.41, 5.74) is -0.00635. The number of ether oxygens (including phenoxy) is 1. The van der Waals surface area contributed by atoms with Crippen molar-refractivity contribution < 1.29 is 19.1 Å². The molecule has 0 aliphatic rings. The minimum absolute atomic E-state index is 0.00635. The minimum Gasteiger partial charge on any atom is -0.461 e. The Balaban J connectivity index is 2.85. The maximum absolute atomic E-state index is 11.7. The van der Waals surface area contributed by atoms with Gasteiger partial charge in [0, 0.05) is 20.5 Å². The summed E-state index contributed by atoms with van der Waals surface area (Å²) in [6.07, 6.45) is 0. The number of aromatic nitrogens is 1. The van der Waals surface area contributed by atoms with E-state index in [1.54, 1.807) is 18.9 Å². The van der Waals surface area contributed by atoms with E-state index in [1.165, 1.54) is 6.92 Å². The van der Waals surface area contributed by atoms with Gasteiger partial charge in [0.2, 0.25) is 5.91 Å². The van der Waals surface area contributed by atoms with Gasteiger partial charge in [-0.25, -0.2) is 9.78 Å². The first kappa shape index (κ1) is 17.1. The molecule has 8 heteroatoms. The molecule has 0 bridgehead atoms. The molecule has 116 valence electrons. The first-order valence-electron chi connectivity index (χ1n) is 6.57. The number of likely N-dealkylation sites (N-methyl/N-ethyl adjacent to an activating group) is 1. The molecule has 0 spiro atoms. The van der Waals surface area contributed by atoms with Crippen LogP contribution in [0.15, 0.2) is 0 Å². The molecule has 0 aliphatic heterocycles. The molecule has 1 aromatic heterocycles. The van der Waals surface area contributed by atoms with E-state index in [2.05, 4.69) is 10.3 Å². The van der Waals surface area contributed by atoms with Crippen LogP contribution >= 0.6 is 11.3 Å². The summed E-state index contributed by atoms with van der Waals surface area (Å²) in [6.45, 7) is 5.76. The van der Waals surface area contributed by atoms with Crippen molar-refractivity contribution in [1.82, 2.24) is 9.88 Å². The molecule has 0 aliphatic carbocycles. The van der Waals surface area contributed by atoms with Crippen LogP contribution in [0.2, 0.25) is 0 Å². The van der Waals surface area contributed by atoms with Gasteiger partial charge in [0.05, 0.1) is 13.2 Å². The quantitative estimate of drug-likeness (QED) is 0.605. The molecule has 0 saturated carbocycles. The van der Waals surface area contributed by atoms with Gasteiger partial charge in [-0.3, -0.25) is 9.59 Å². The normalized spacial score (nSPS) is 10.1. The second-order valence-corrected chi connectivity index (χ2v) is 5.23. The molecule has 1 amide bonds. The Morgan fingerprint density at radius 1 is 1.33 bits per heavy atom. The Bertz CT molecular complexity index is 542. The van der Waals surface area contributed by atoms with E-state index in [9.17, 15) is 14.4 Å². The van der Waals surface area contributed by atoms with Crippen LogP contribution in [0.5, 0.6) is 0 Å². The smallest absolute Gasteiger partial charge is 0.358 e. The summed E-state index contributed by atoms with van der Waals surface area (Å²) in [4.78, 5) is 40.8. The fraction of sp³-hybridized carbons (Fsp3) is 0.538. The van der Waals surface area contributed by atoms with Crippen LogP contribution in [-0.2, 0) is 9.53 Å². The fourth-order valence-corrected chi connectivity index (χ4v) is 2.28. The Hall–Kier alpha value is -1.96. The van der Waals surface area contributed by atoms with Crippen LogP contribution in [-0.4, -0.2) is 54.3 Å². The molecule has 0 unspecified atom stereocenters. The standard InChI is InChI=1S/C13H19N3O4S/c1-5-16(4)9(18)7-14-13-15-10(12(19)20-6-2)11(21-13)8(3)17/h5-7H2,1-4H3,(H,14,15). The van der Waals surface area contributed by atoms with Crippen LogP contribution in [0.1, 0.15) is 40.9 Å². The number of carbonyl (C=O) groups is 3. The minimum atomic E-state index is -0.635. The van der Waals surface area contributed by atoms with Gasteiger partial charge in [0.25, 0.3) is 0 Å². The van der Waals surface area contributed by atoms with Gasteiger partial charge < -0.3 is 15.0 Å². The number of nitrogens with zero attached hydrogens (tertiary/aromatic N) is 2. The summed E-state index contributed by atoms with van der Waals surface area (Å²) >= 11 is 1.04. The Labute approximate surface area is 127 Å². The van der Waals surface area contributed by atoms with E-state index < -0.39 is 5.97 Å². The molecular weight excluding hydrogens is 294 g/mol. The van der Waals surface area contributed by atoms with E-state index >= 15 is 0 Å². The summed E-state index contributed by atoms with van der Waals surface area (Å²) in [5, 5.41) is 3.18. The molecule has 1 rings (SSSR count). The SMILES string of the molecule is CCOC(=O)c1nc(NCC(=O)N(C)CC)sc1C(C)=O. The monoisotopic (exact) mass is 313 g/mol. The second kappa shape index (κ2) is 7.72. The highest BCUT2D eigenvalue weighted by atomic mass is 32.1. The molecule has 0 atom stereocenters. The predicted octanol–water partition coefficient (Wildman–Crippen LogP) is 1.41. The Kier molecular flexibility index (Phi) is 6.29. The maximum Gasteiger partial charge on any atom is 0.358 e. The lowest BCUT2D eigenvalue weighted by Crippen LogP contribution is -2.31. The molecule has 21 heavy (non-hydrogen) atoms. The van der Waals surface area contributed by atoms with Crippen LogP contribution in [0.3, 0.4) is 0 Å². The largest absolute Gasteiger partial charge is 0.461 e. The number of anilines is 1. The van der Waals surface area contributed by atoms with E-state index in [1.807, 2.05) is 6.92 Å². The molecule has 0 aromatic carbocycles. The van der Waals surface area contributed by atoms with Crippen molar-refractivity contribution in [1.29, 1.82) is 0 Å². The Morgan fingerprint density at radius 2 is 2.00 bits per heavy atom. The third-order valence-corrected chi connectivity index (χ3v) is 3.82. The molecular formula is C13H19N3O4S. The summed E-state index contributed by atoms with van der Waals surface area (Å²) in [6, 6.07) is 0. The van der Waals surface area contributed by atoms with Crippen molar-refractivity contribution in [3.63, 3.8) is 0 Å². The topological polar surface area (TPSA) is 88.6 Å². The molecule has 0 saturated heterocycles. The van der Waals surface area contributed by atoms with Gasteiger partial charge in [0.15, 0.2) is 16.6 Å².